The molecule has 6 rings (SSSR count). The number of aromatic nitrogens is 4. The Labute approximate surface area is 218 Å². The van der Waals surface area contributed by atoms with Gasteiger partial charge in [0, 0.05) is 23.7 Å². The van der Waals surface area contributed by atoms with Gasteiger partial charge in [-0.1, -0.05) is 12.1 Å². The summed E-state index contributed by atoms with van der Waals surface area (Å²) < 4.78 is 55.4. The zero-order valence-electron chi connectivity index (χ0n) is 20.2. The molecule has 2 aromatic heterocycles. The van der Waals surface area contributed by atoms with Crippen LogP contribution in [0.1, 0.15) is 53.1 Å². The molecule has 0 saturated heterocycles. The van der Waals surface area contributed by atoms with Gasteiger partial charge in [-0.15, -0.1) is 0 Å². The van der Waals surface area contributed by atoms with Gasteiger partial charge in [0.25, 0.3) is 0 Å². The van der Waals surface area contributed by atoms with Crippen LogP contribution in [0.3, 0.4) is 0 Å². The van der Waals surface area contributed by atoms with Gasteiger partial charge in [0.1, 0.15) is 11.9 Å². The third-order valence-corrected chi connectivity index (χ3v) is 6.72. The van der Waals surface area contributed by atoms with Crippen molar-refractivity contribution in [3.05, 3.63) is 77.3 Å². The molecule has 2 bridgehead atoms. The number of Topliss-reactive ketones (excluding diaryl/α,β-unsaturated/α-hetero) is 1. The van der Waals surface area contributed by atoms with Gasteiger partial charge in [-0.2, -0.15) is 14.0 Å². The van der Waals surface area contributed by atoms with Gasteiger partial charge in [0.15, 0.2) is 29.3 Å². The number of allylic oxidation sites excluding steroid dienone is 1. The lowest BCUT2D eigenvalue weighted by molar-refractivity contribution is -0.0521. The Morgan fingerprint density at radius 1 is 1.31 bits per heavy atom. The van der Waals surface area contributed by atoms with Crippen molar-refractivity contribution in [2.45, 2.75) is 38.2 Å². The number of hydrogen-bond acceptors (Lipinski definition) is 8. The van der Waals surface area contributed by atoms with Gasteiger partial charge in [-0.25, -0.2) is 19.3 Å². The maximum Gasteiger partial charge on any atom is 0.387 e. The fraction of sp³-hybridized carbons (Fsp3) is 0.222. The van der Waals surface area contributed by atoms with Crippen LogP contribution in [0.5, 0.6) is 5.75 Å². The zero-order chi connectivity index (χ0) is 27.4. The van der Waals surface area contributed by atoms with Gasteiger partial charge in [0.05, 0.1) is 34.9 Å². The van der Waals surface area contributed by atoms with Crippen molar-refractivity contribution in [2.24, 2.45) is 0 Å². The van der Waals surface area contributed by atoms with E-state index in [1.807, 2.05) is 34.9 Å². The summed E-state index contributed by atoms with van der Waals surface area (Å²) in [6.45, 7) is -2.11. The first kappa shape index (κ1) is 24.6. The highest BCUT2D eigenvalue weighted by atomic mass is 19.3. The SMILES string of the molecule is CC(O)C(=O)c1nccc(-c2c(F)c(OC(F)F)cc3c2[C@H]2C[C@@H](O/C3=C\C#N)c3nc4ccccc4n32)n1. The minimum atomic E-state index is -3.35. The van der Waals surface area contributed by atoms with Gasteiger partial charge in [-0.05, 0) is 36.8 Å². The van der Waals surface area contributed by atoms with Crippen molar-refractivity contribution in [3.63, 3.8) is 0 Å². The Balaban J connectivity index is 1.70. The Kier molecular flexibility index (Phi) is 5.80. The van der Waals surface area contributed by atoms with E-state index in [0.717, 1.165) is 17.7 Å². The molecular formula is C27H18F3N5O4. The molecule has 0 aliphatic carbocycles. The Morgan fingerprint density at radius 2 is 2.10 bits per heavy atom. The molecule has 196 valence electrons. The lowest BCUT2D eigenvalue weighted by Crippen LogP contribution is -2.20. The van der Waals surface area contributed by atoms with Crippen molar-refractivity contribution >= 4 is 22.6 Å². The summed E-state index contributed by atoms with van der Waals surface area (Å²) in [6.07, 6.45) is 0.559. The van der Waals surface area contributed by atoms with E-state index in [1.165, 1.54) is 19.2 Å². The van der Waals surface area contributed by atoms with Crippen LogP contribution in [-0.2, 0) is 4.74 Å². The van der Waals surface area contributed by atoms with Crippen LogP contribution in [0.4, 0.5) is 13.2 Å². The Bertz CT molecular complexity index is 1730. The number of para-hydroxylation sites is 2. The van der Waals surface area contributed by atoms with Crippen LogP contribution in [0.15, 0.2) is 48.7 Å². The zero-order valence-corrected chi connectivity index (χ0v) is 20.2. The quantitative estimate of drug-likeness (QED) is 0.289. The first-order valence-electron chi connectivity index (χ1n) is 11.9. The average molecular weight is 533 g/mol. The summed E-state index contributed by atoms with van der Waals surface area (Å²) >= 11 is 0. The van der Waals surface area contributed by atoms with Crippen LogP contribution in [0.2, 0.25) is 0 Å². The lowest BCUT2D eigenvalue weighted by atomic mass is 9.90. The third kappa shape index (κ3) is 3.90. The summed E-state index contributed by atoms with van der Waals surface area (Å²) in [7, 11) is 0. The first-order valence-corrected chi connectivity index (χ1v) is 11.9. The number of aliphatic hydroxyl groups is 1. The molecule has 0 saturated carbocycles. The molecule has 0 spiro atoms. The monoisotopic (exact) mass is 533 g/mol. The van der Waals surface area contributed by atoms with Crippen LogP contribution < -0.4 is 4.74 Å². The summed E-state index contributed by atoms with van der Waals surface area (Å²) in [4.78, 5) is 25.2. The van der Waals surface area contributed by atoms with E-state index in [0.29, 0.717) is 17.8 Å². The van der Waals surface area contributed by atoms with E-state index in [1.54, 1.807) is 0 Å². The van der Waals surface area contributed by atoms with E-state index >= 15 is 4.39 Å². The maximum absolute atomic E-state index is 16.2. The number of alkyl halides is 2. The van der Waals surface area contributed by atoms with Crippen LogP contribution in [0, 0.1) is 17.1 Å². The standard InChI is InChI=1S/C27H18F3N5O4/c1-12(36)24(37)25-32-9-7-15(33-25)22-21-13(10-19(23(22)28)39-27(29)30)18(6-8-31)38-20-11-17(21)35-16-5-3-2-4-14(16)34-26(20)35/h2-7,9-10,12,17,20,27,36H,11H2,1H3/b18-6-/t12?,17-,20-/m1/s1. The molecule has 0 radical (unpaired) electrons. The Morgan fingerprint density at radius 3 is 2.85 bits per heavy atom. The lowest BCUT2D eigenvalue weighted by Gasteiger charge is -2.24. The van der Waals surface area contributed by atoms with Crippen molar-refractivity contribution in [2.75, 3.05) is 0 Å². The topological polar surface area (TPSA) is 123 Å². The number of nitrogens with zero attached hydrogens (tertiary/aromatic N) is 5. The highest BCUT2D eigenvalue weighted by Gasteiger charge is 2.44. The van der Waals surface area contributed by atoms with Crippen LogP contribution >= 0.6 is 0 Å². The number of imidazole rings is 1. The molecule has 2 aliphatic rings. The molecule has 39 heavy (non-hydrogen) atoms. The van der Waals surface area contributed by atoms with Gasteiger partial charge in [0.2, 0.25) is 5.78 Å². The number of fused-ring (bicyclic) bond motifs is 9. The second kappa shape index (κ2) is 9.21. The first-order chi connectivity index (χ1) is 18.8. The van der Waals surface area contributed by atoms with E-state index in [2.05, 4.69) is 14.7 Å². The van der Waals surface area contributed by atoms with Crippen LogP contribution in [-0.4, -0.2) is 43.1 Å². The molecule has 2 aliphatic heterocycles. The molecule has 2 aromatic carbocycles. The van der Waals surface area contributed by atoms with E-state index in [9.17, 15) is 23.9 Å². The molecule has 12 heteroatoms. The molecule has 4 heterocycles. The fourth-order valence-electron chi connectivity index (χ4n) is 5.20. The number of carbonyl (C=O) groups excluding carboxylic acids is 1. The fourth-order valence-corrected chi connectivity index (χ4v) is 5.20. The van der Waals surface area contributed by atoms with Crippen molar-refractivity contribution in [1.82, 2.24) is 19.5 Å². The minimum Gasteiger partial charge on any atom is -0.481 e. The number of nitriles is 1. The highest BCUT2D eigenvalue weighted by molar-refractivity contribution is 5.96. The van der Waals surface area contributed by atoms with Gasteiger partial charge < -0.3 is 19.1 Å². The van der Waals surface area contributed by atoms with Crippen molar-refractivity contribution in [3.8, 4) is 23.1 Å². The van der Waals surface area contributed by atoms with Crippen molar-refractivity contribution < 1.29 is 32.5 Å². The van der Waals surface area contributed by atoms with E-state index in [4.69, 9.17) is 9.72 Å². The van der Waals surface area contributed by atoms with Gasteiger partial charge in [-0.3, -0.25) is 4.79 Å². The smallest absolute Gasteiger partial charge is 0.387 e. The predicted octanol–water partition coefficient (Wildman–Crippen LogP) is 4.73. The van der Waals surface area contributed by atoms with Crippen molar-refractivity contribution in [1.29, 1.82) is 5.26 Å². The maximum atomic E-state index is 16.2. The molecule has 0 fully saturated rings. The highest BCUT2D eigenvalue weighted by Crippen LogP contribution is 2.53. The van der Waals surface area contributed by atoms with Crippen LogP contribution in [0.25, 0.3) is 28.0 Å². The van der Waals surface area contributed by atoms with E-state index < -0.39 is 42.2 Å². The molecular weight excluding hydrogens is 515 g/mol. The molecule has 3 atom stereocenters. The number of carbonyl (C=O) groups is 1. The molecule has 9 nitrogen and oxygen atoms in total. The number of benzene rings is 2. The minimum absolute atomic E-state index is 0.0213. The normalized spacial score (nSPS) is 19.3. The number of ketones is 1. The third-order valence-electron chi connectivity index (χ3n) is 6.72. The number of aliphatic hydroxyl groups excluding tert-OH is 1. The summed E-state index contributed by atoms with van der Waals surface area (Å²) in [5.41, 5.74) is 1.53. The average Bonchev–Trinajstić information content (AvgIpc) is 3.41. The second-order valence-corrected chi connectivity index (χ2v) is 9.03. The number of rotatable bonds is 5. The Hall–Kier alpha value is -4.76. The molecule has 1 N–H and O–H groups in total. The second-order valence-electron chi connectivity index (χ2n) is 9.03. The summed E-state index contributed by atoms with van der Waals surface area (Å²) in [5, 5.41) is 19.2. The number of hydrogen-bond donors (Lipinski definition) is 1. The summed E-state index contributed by atoms with van der Waals surface area (Å²) in [6, 6.07) is 11.0. The number of ether oxygens (including phenoxy) is 2. The van der Waals surface area contributed by atoms with Gasteiger partial charge >= 0.3 is 6.61 Å². The molecule has 4 aromatic rings. The summed E-state index contributed by atoms with van der Waals surface area (Å²) in [5.74, 6) is -2.54. The predicted molar refractivity (Wildman–Crippen MR) is 130 cm³/mol. The molecule has 0 amide bonds. The molecule has 1 unspecified atom stereocenters. The number of halogens is 3. The largest absolute Gasteiger partial charge is 0.481 e. The van der Waals surface area contributed by atoms with E-state index in [-0.39, 0.29) is 34.0 Å².